The van der Waals surface area contributed by atoms with Crippen molar-refractivity contribution in [2.75, 3.05) is 26.2 Å². The van der Waals surface area contributed by atoms with Crippen LogP contribution in [0.15, 0.2) is 29.2 Å². The highest BCUT2D eigenvalue weighted by atomic mass is 35.5. The average molecular weight is 403 g/mol. The van der Waals surface area contributed by atoms with Crippen LogP contribution in [0.1, 0.15) is 39.0 Å². The van der Waals surface area contributed by atoms with Crippen LogP contribution < -0.4 is 14.9 Å². The van der Waals surface area contributed by atoms with E-state index in [1.807, 2.05) is 0 Å². The third kappa shape index (κ3) is 6.87. The fourth-order valence-electron chi connectivity index (χ4n) is 3.25. The second-order valence-corrected chi connectivity index (χ2v) is 9.06. The zero-order valence-electron chi connectivity index (χ0n) is 15.3. The topological polar surface area (TPSA) is 79.7 Å². The van der Waals surface area contributed by atoms with Crippen LogP contribution in [-0.2, 0) is 14.8 Å². The Bertz CT molecular complexity index is 679. The first-order chi connectivity index (χ1) is 12.4. The van der Waals surface area contributed by atoms with E-state index in [1.54, 1.807) is 4.90 Å². The van der Waals surface area contributed by atoms with Crippen molar-refractivity contribution in [1.82, 2.24) is 10.0 Å². The number of hydrogen-bond donors (Lipinski definition) is 3. The van der Waals surface area contributed by atoms with Crippen LogP contribution in [0.4, 0.5) is 0 Å². The number of halogens is 1. The van der Waals surface area contributed by atoms with Gasteiger partial charge in [-0.05, 0) is 50.5 Å². The van der Waals surface area contributed by atoms with E-state index in [0.717, 1.165) is 13.0 Å². The van der Waals surface area contributed by atoms with Gasteiger partial charge >= 0.3 is 0 Å². The summed E-state index contributed by atoms with van der Waals surface area (Å²) in [6, 6.07) is 6.63. The van der Waals surface area contributed by atoms with E-state index in [4.69, 9.17) is 11.6 Å². The highest BCUT2D eigenvalue weighted by molar-refractivity contribution is 7.89. The maximum atomic E-state index is 12.1. The number of carbonyl (C=O) groups excluding carboxylic acids is 1. The van der Waals surface area contributed by atoms with Gasteiger partial charge in [-0.3, -0.25) is 4.79 Å². The van der Waals surface area contributed by atoms with Gasteiger partial charge in [-0.1, -0.05) is 11.6 Å². The molecule has 1 fully saturated rings. The van der Waals surface area contributed by atoms with Gasteiger partial charge in [0.15, 0.2) is 0 Å². The Hall–Kier alpha value is -1.15. The maximum Gasteiger partial charge on any atom is 0.240 e. The number of hydrogen-bond acceptors (Lipinski definition) is 3. The number of piperidine rings is 1. The Labute approximate surface area is 161 Å². The summed E-state index contributed by atoms with van der Waals surface area (Å²) in [6.45, 7) is 5.30. The minimum Gasteiger partial charge on any atom is -0.356 e. The quantitative estimate of drug-likeness (QED) is 0.538. The Balaban J connectivity index is 1.62. The van der Waals surface area contributed by atoms with Gasteiger partial charge in [-0.2, -0.15) is 0 Å². The highest BCUT2D eigenvalue weighted by Gasteiger charge is 2.21. The van der Waals surface area contributed by atoms with Gasteiger partial charge < -0.3 is 10.2 Å². The minimum absolute atomic E-state index is 0.0746. The van der Waals surface area contributed by atoms with Crippen molar-refractivity contribution in [3.05, 3.63) is 29.3 Å². The molecule has 2 atom stereocenters. The third-order valence-electron chi connectivity index (χ3n) is 4.85. The number of sulfonamides is 1. The smallest absolute Gasteiger partial charge is 0.240 e. The number of carbonyl (C=O) groups is 1. The number of likely N-dealkylation sites (tertiary alicyclic amines) is 1. The summed E-state index contributed by atoms with van der Waals surface area (Å²) in [6.07, 6.45) is 4.98. The van der Waals surface area contributed by atoms with E-state index in [9.17, 15) is 13.2 Å². The zero-order valence-corrected chi connectivity index (χ0v) is 16.8. The Kier molecular flexibility index (Phi) is 8.34. The zero-order chi connectivity index (χ0) is 19.0. The normalized spacial score (nSPS) is 20.7. The molecule has 1 unspecified atom stereocenters. The van der Waals surface area contributed by atoms with E-state index in [2.05, 4.69) is 17.0 Å². The summed E-state index contributed by atoms with van der Waals surface area (Å²) in [5.41, 5.74) is 0. The first kappa shape index (κ1) is 21.2. The molecule has 2 rings (SSSR count). The number of rotatable bonds is 9. The second kappa shape index (κ2) is 10.3. The molecule has 1 saturated heterocycles. The summed E-state index contributed by atoms with van der Waals surface area (Å²) in [5, 5.41) is 3.34. The minimum atomic E-state index is -3.61. The van der Waals surface area contributed by atoms with Crippen molar-refractivity contribution in [2.24, 2.45) is 0 Å². The number of quaternary nitrogens is 1. The van der Waals surface area contributed by atoms with Crippen LogP contribution in [0.2, 0.25) is 5.02 Å². The molecule has 3 N–H and O–H groups in total. The maximum absolute atomic E-state index is 12.1. The molecule has 1 heterocycles. The summed E-state index contributed by atoms with van der Waals surface area (Å²) in [4.78, 5) is 13.6. The van der Waals surface area contributed by atoms with E-state index >= 15 is 0 Å². The molecule has 1 aromatic carbocycles. The van der Waals surface area contributed by atoms with Crippen LogP contribution in [-0.4, -0.2) is 46.5 Å². The molecule has 0 spiro atoms. The van der Waals surface area contributed by atoms with Crippen LogP contribution in [0.3, 0.4) is 0 Å². The van der Waals surface area contributed by atoms with Gasteiger partial charge in [0.25, 0.3) is 0 Å². The highest BCUT2D eigenvalue weighted by Crippen LogP contribution is 2.13. The van der Waals surface area contributed by atoms with E-state index in [1.165, 1.54) is 50.1 Å². The lowest BCUT2D eigenvalue weighted by Crippen LogP contribution is -3.16. The third-order valence-corrected chi connectivity index (χ3v) is 6.58. The fraction of sp³-hybridized carbons (Fsp3) is 0.611. The molecule has 0 aliphatic carbocycles. The molecule has 1 aliphatic heterocycles. The first-order valence-corrected chi connectivity index (χ1v) is 11.1. The number of amides is 1. The van der Waals surface area contributed by atoms with Crippen LogP contribution in [0, 0.1) is 0 Å². The van der Waals surface area contributed by atoms with Crippen LogP contribution in [0.25, 0.3) is 0 Å². The molecule has 1 aromatic rings. The van der Waals surface area contributed by atoms with Gasteiger partial charge in [0.05, 0.1) is 24.0 Å². The lowest BCUT2D eigenvalue weighted by atomic mass is 10.0. The predicted molar refractivity (Wildman–Crippen MR) is 103 cm³/mol. The van der Waals surface area contributed by atoms with Crippen molar-refractivity contribution in [3.8, 4) is 0 Å². The van der Waals surface area contributed by atoms with Gasteiger partial charge in [-0.15, -0.1) is 0 Å². The van der Waals surface area contributed by atoms with Crippen LogP contribution in [0.5, 0.6) is 0 Å². The number of nitrogens with one attached hydrogen (secondary N) is 3. The summed E-state index contributed by atoms with van der Waals surface area (Å²) >= 11 is 5.76. The van der Waals surface area contributed by atoms with Crippen molar-refractivity contribution in [1.29, 1.82) is 0 Å². The lowest BCUT2D eigenvalue weighted by Gasteiger charge is -2.30. The molecule has 0 radical (unpaired) electrons. The molecule has 0 saturated carbocycles. The Morgan fingerprint density at radius 2 is 1.96 bits per heavy atom. The van der Waals surface area contributed by atoms with Gasteiger partial charge in [0.2, 0.25) is 15.9 Å². The van der Waals surface area contributed by atoms with E-state index < -0.39 is 10.0 Å². The molecular formula is C18H29ClN3O3S+. The van der Waals surface area contributed by atoms with Crippen molar-refractivity contribution < 1.29 is 18.1 Å². The van der Waals surface area contributed by atoms with Crippen molar-refractivity contribution in [3.63, 3.8) is 0 Å². The van der Waals surface area contributed by atoms with Crippen LogP contribution >= 0.6 is 11.6 Å². The molecule has 0 aromatic heterocycles. The molecule has 146 valence electrons. The lowest BCUT2D eigenvalue weighted by molar-refractivity contribution is -0.928. The standard InChI is InChI=1S/C18H28ClN3O3S/c1-15-5-2-3-13-22(15)14-4-11-20-18(23)10-12-21-26(24,25)17-8-6-16(19)7-9-17/h6-9,15,21H,2-5,10-14H2,1H3,(H,20,23)/p+1/t15-/m0/s1. The van der Waals surface area contributed by atoms with Gasteiger partial charge in [0.1, 0.15) is 0 Å². The van der Waals surface area contributed by atoms with Crippen molar-refractivity contribution >= 4 is 27.5 Å². The largest absolute Gasteiger partial charge is 0.356 e. The Morgan fingerprint density at radius 1 is 1.23 bits per heavy atom. The SMILES string of the molecule is C[C@H]1CCCC[NH+]1CCCNC(=O)CCNS(=O)(=O)c1ccc(Cl)cc1. The summed E-state index contributed by atoms with van der Waals surface area (Å²) < 4.78 is 26.6. The molecule has 26 heavy (non-hydrogen) atoms. The molecule has 0 bridgehead atoms. The van der Waals surface area contributed by atoms with Crippen molar-refractivity contribution in [2.45, 2.75) is 50.0 Å². The molecule has 1 amide bonds. The molecule has 6 nitrogen and oxygen atoms in total. The number of benzene rings is 1. The first-order valence-electron chi connectivity index (χ1n) is 9.25. The molecule has 1 aliphatic rings. The molecular weight excluding hydrogens is 374 g/mol. The average Bonchev–Trinajstić information content (AvgIpc) is 2.60. The van der Waals surface area contributed by atoms with E-state index in [-0.39, 0.29) is 23.8 Å². The molecule has 8 heteroatoms. The second-order valence-electron chi connectivity index (χ2n) is 6.86. The Morgan fingerprint density at radius 3 is 2.65 bits per heavy atom. The summed E-state index contributed by atoms with van der Waals surface area (Å²) in [5.74, 6) is -0.134. The predicted octanol–water partition coefficient (Wildman–Crippen LogP) is 0.972. The van der Waals surface area contributed by atoms with Gasteiger partial charge in [-0.25, -0.2) is 13.1 Å². The fourth-order valence-corrected chi connectivity index (χ4v) is 4.41. The summed E-state index contributed by atoms with van der Waals surface area (Å²) in [7, 11) is -3.61. The van der Waals surface area contributed by atoms with E-state index in [0.29, 0.717) is 17.6 Å². The van der Waals surface area contributed by atoms with Gasteiger partial charge in [0, 0.05) is 31.0 Å². The monoisotopic (exact) mass is 402 g/mol.